The zero-order valence-corrected chi connectivity index (χ0v) is 12.4. The maximum Gasteiger partial charge on any atom is 0.319 e. The van der Waals surface area contributed by atoms with E-state index in [1.54, 1.807) is 20.8 Å². The Balaban J connectivity index is 2.78. The lowest BCUT2D eigenvalue weighted by Crippen LogP contribution is -2.07. The molecular formula is C13H20NO4P. The molecule has 0 aliphatic carbocycles. The van der Waals surface area contributed by atoms with Crippen molar-refractivity contribution in [3.05, 3.63) is 35.9 Å². The van der Waals surface area contributed by atoms with Crippen molar-refractivity contribution in [1.82, 2.24) is 0 Å². The van der Waals surface area contributed by atoms with Crippen LogP contribution in [-0.2, 0) is 13.6 Å². The summed E-state index contributed by atoms with van der Waals surface area (Å²) in [6.45, 7) is 5.27. The van der Waals surface area contributed by atoms with Crippen molar-refractivity contribution in [1.29, 1.82) is 0 Å². The monoisotopic (exact) mass is 285 g/mol. The molecule has 0 bridgehead atoms. The van der Waals surface area contributed by atoms with Crippen LogP contribution in [-0.4, -0.2) is 17.0 Å². The molecule has 0 heterocycles. The number of benzene rings is 1. The molecule has 1 rings (SSSR count). The molecule has 0 saturated heterocycles. The van der Waals surface area contributed by atoms with Gasteiger partial charge in [-0.2, -0.15) is 0 Å². The zero-order valence-electron chi connectivity index (χ0n) is 11.4. The number of hydrogen-bond acceptors (Lipinski definition) is 5. The summed E-state index contributed by atoms with van der Waals surface area (Å²) in [5.41, 5.74) is 1.38. The van der Waals surface area contributed by atoms with Gasteiger partial charge < -0.3 is 14.3 Å². The highest BCUT2D eigenvalue weighted by Crippen LogP contribution is 2.36. The van der Waals surface area contributed by atoms with Gasteiger partial charge in [-0.15, -0.1) is 0 Å². The lowest BCUT2D eigenvalue weighted by molar-refractivity contribution is 0.146. The molecule has 0 aliphatic rings. The van der Waals surface area contributed by atoms with Crippen LogP contribution in [0.3, 0.4) is 0 Å². The summed E-state index contributed by atoms with van der Waals surface area (Å²) in [5.74, 6) is 0. The smallest absolute Gasteiger partial charge is 0.319 e. The van der Waals surface area contributed by atoms with Crippen LogP contribution in [0.4, 0.5) is 0 Å². The topological polar surface area (TPSA) is 68.1 Å². The Labute approximate surface area is 114 Å². The van der Waals surface area contributed by atoms with E-state index in [1.807, 2.05) is 30.3 Å². The standard InChI is InChI=1S/C13H20NO4P/c1-10(2)17-19(16)18-13(9-11(3)14-15)12-7-5-4-6-8-12/h4-8,10,13,15,19H,9H2,1-3H3. The Kier molecular flexibility index (Phi) is 6.78. The molecule has 0 amide bonds. The van der Waals surface area contributed by atoms with Crippen molar-refractivity contribution < 1.29 is 18.8 Å². The molecule has 5 nitrogen and oxygen atoms in total. The summed E-state index contributed by atoms with van der Waals surface area (Å²) in [7, 11) is -2.57. The average molecular weight is 285 g/mol. The molecule has 6 heteroatoms. The van der Waals surface area contributed by atoms with Gasteiger partial charge in [-0.05, 0) is 26.3 Å². The van der Waals surface area contributed by atoms with Gasteiger partial charge in [0.2, 0.25) is 0 Å². The lowest BCUT2D eigenvalue weighted by atomic mass is 10.0. The number of nitrogens with zero attached hydrogens (tertiary/aromatic N) is 1. The van der Waals surface area contributed by atoms with Gasteiger partial charge in [-0.25, -0.2) is 0 Å². The number of hydrogen-bond donors (Lipinski definition) is 1. The fourth-order valence-electron chi connectivity index (χ4n) is 1.54. The molecule has 0 saturated carbocycles. The predicted octanol–water partition coefficient (Wildman–Crippen LogP) is 3.80. The lowest BCUT2D eigenvalue weighted by Gasteiger charge is -2.18. The van der Waals surface area contributed by atoms with Crippen LogP contribution < -0.4 is 0 Å². The summed E-state index contributed by atoms with van der Waals surface area (Å²) < 4.78 is 22.3. The summed E-state index contributed by atoms with van der Waals surface area (Å²) >= 11 is 0. The summed E-state index contributed by atoms with van der Waals surface area (Å²) in [6, 6.07) is 9.39. The van der Waals surface area contributed by atoms with Crippen LogP contribution in [0.1, 0.15) is 38.9 Å². The largest absolute Gasteiger partial charge is 0.411 e. The molecule has 2 unspecified atom stereocenters. The zero-order chi connectivity index (χ0) is 14.3. The van der Waals surface area contributed by atoms with E-state index in [1.165, 1.54) is 0 Å². The van der Waals surface area contributed by atoms with Crippen molar-refractivity contribution in [2.45, 2.75) is 39.4 Å². The minimum atomic E-state index is -2.57. The molecule has 0 aromatic heterocycles. The molecule has 106 valence electrons. The molecule has 0 radical (unpaired) electrons. The van der Waals surface area contributed by atoms with Gasteiger partial charge in [-0.3, -0.25) is 4.57 Å². The fourth-order valence-corrected chi connectivity index (χ4v) is 2.43. The first-order chi connectivity index (χ1) is 9.02. The number of rotatable bonds is 7. The Bertz CT molecular complexity index is 434. The van der Waals surface area contributed by atoms with Gasteiger partial charge in [0.15, 0.2) is 0 Å². The molecule has 1 aromatic carbocycles. The van der Waals surface area contributed by atoms with Crippen molar-refractivity contribution >= 4 is 14.0 Å². The predicted molar refractivity (Wildman–Crippen MR) is 75.0 cm³/mol. The minimum absolute atomic E-state index is 0.157. The normalized spacial score (nSPS) is 15.5. The van der Waals surface area contributed by atoms with E-state index in [0.29, 0.717) is 12.1 Å². The average Bonchev–Trinajstić information content (AvgIpc) is 2.37. The Morgan fingerprint density at radius 1 is 1.32 bits per heavy atom. The highest BCUT2D eigenvalue weighted by Gasteiger charge is 2.17. The van der Waals surface area contributed by atoms with Crippen LogP contribution in [0.5, 0.6) is 0 Å². The Morgan fingerprint density at radius 3 is 2.47 bits per heavy atom. The van der Waals surface area contributed by atoms with E-state index >= 15 is 0 Å². The Hall–Kier alpha value is -1.16. The quantitative estimate of drug-likeness (QED) is 0.358. The second-order valence-corrected chi connectivity index (χ2v) is 5.44. The van der Waals surface area contributed by atoms with Crippen molar-refractivity contribution in [3.63, 3.8) is 0 Å². The van der Waals surface area contributed by atoms with Gasteiger partial charge in [0, 0.05) is 6.42 Å². The van der Waals surface area contributed by atoms with Crippen LogP contribution in [0.25, 0.3) is 0 Å². The first kappa shape index (κ1) is 15.9. The molecular weight excluding hydrogens is 265 g/mol. The van der Waals surface area contributed by atoms with Gasteiger partial charge in [-0.1, -0.05) is 35.5 Å². The van der Waals surface area contributed by atoms with E-state index < -0.39 is 14.4 Å². The van der Waals surface area contributed by atoms with E-state index in [0.717, 1.165) is 5.56 Å². The second kappa shape index (κ2) is 8.10. The van der Waals surface area contributed by atoms with Crippen LogP contribution in [0, 0.1) is 0 Å². The summed E-state index contributed by atoms with van der Waals surface area (Å²) in [6.07, 6.45) is -0.240. The van der Waals surface area contributed by atoms with Crippen LogP contribution in [0.15, 0.2) is 35.5 Å². The third kappa shape index (κ3) is 6.01. The maximum atomic E-state index is 11.7. The molecule has 1 aromatic rings. The van der Waals surface area contributed by atoms with Gasteiger partial charge >= 0.3 is 8.25 Å². The molecule has 2 atom stereocenters. The van der Waals surface area contributed by atoms with E-state index in [2.05, 4.69) is 5.16 Å². The first-order valence-corrected chi connectivity index (χ1v) is 7.35. The van der Waals surface area contributed by atoms with Gasteiger partial charge in [0.25, 0.3) is 0 Å². The third-order valence-electron chi connectivity index (χ3n) is 2.39. The van der Waals surface area contributed by atoms with Gasteiger partial charge in [0.1, 0.15) is 0 Å². The number of oxime groups is 1. The fraction of sp³-hybridized carbons (Fsp3) is 0.462. The van der Waals surface area contributed by atoms with Crippen LogP contribution >= 0.6 is 8.25 Å². The summed E-state index contributed by atoms with van der Waals surface area (Å²) in [5, 5.41) is 11.9. The van der Waals surface area contributed by atoms with Crippen molar-refractivity contribution in [3.8, 4) is 0 Å². The molecule has 19 heavy (non-hydrogen) atoms. The second-order valence-electron chi connectivity index (χ2n) is 4.47. The van der Waals surface area contributed by atoms with Crippen molar-refractivity contribution in [2.75, 3.05) is 0 Å². The highest BCUT2D eigenvalue weighted by molar-refractivity contribution is 7.33. The molecule has 0 spiro atoms. The third-order valence-corrected chi connectivity index (χ3v) is 3.53. The van der Waals surface area contributed by atoms with Crippen LogP contribution in [0.2, 0.25) is 0 Å². The molecule has 0 aliphatic heterocycles. The molecule has 1 N–H and O–H groups in total. The minimum Gasteiger partial charge on any atom is -0.411 e. The summed E-state index contributed by atoms with van der Waals surface area (Å²) in [4.78, 5) is 0. The molecule has 0 fully saturated rings. The highest BCUT2D eigenvalue weighted by atomic mass is 31.1. The van der Waals surface area contributed by atoms with Crippen molar-refractivity contribution in [2.24, 2.45) is 5.16 Å². The van der Waals surface area contributed by atoms with E-state index in [9.17, 15) is 4.57 Å². The maximum absolute atomic E-state index is 11.7. The van der Waals surface area contributed by atoms with E-state index in [-0.39, 0.29) is 6.10 Å². The van der Waals surface area contributed by atoms with E-state index in [4.69, 9.17) is 14.3 Å². The Morgan fingerprint density at radius 2 is 1.95 bits per heavy atom. The first-order valence-electron chi connectivity index (χ1n) is 6.12. The SMILES string of the molecule is CC(CC(O[PH](=O)OC(C)C)c1ccccc1)=NO. The van der Waals surface area contributed by atoms with Gasteiger partial charge in [0.05, 0.1) is 17.9 Å².